The van der Waals surface area contributed by atoms with Crippen LogP contribution in [0.25, 0.3) is 0 Å². The number of halogens is 1. The maximum atomic E-state index is 12.9. The first kappa shape index (κ1) is 24.6. The summed E-state index contributed by atoms with van der Waals surface area (Å²) >= 11 is 0. The van der Waals surface area contributed by atoms with E-state index in [0.29, 0.717) is 37.0 Å². The van der Waals surface area contributed by atoms with Crippen LogP contribution in [0, 0.1) is 6.92 Å². The van der Waals surface area contributed by atoms with Crippen LogP contribution < -0.4 is 10.6 Å². The molecular weight excluding hydrogens is 511 g/mol. The number of aryl methyl sites for hydroxylation is 1. The average Bonchev–Trinajstić information content (AvgIpc) is 2.76. The van der Waals surface area contributed by atoms with Crippen molar-refractivity contribution >= 4 is 40.0 Å². The van der Waals surface area contributed by atoms with Gasteiger partial charge in [-0.1, -0.05) is 42.8 Å². The van der Waals surface area contributed by atoms with Crippen molar-refractivity contribution in [3.8, 4) is 0 Å². The van der Waals surface area contributed by atoms with Crippen molar-refractivity contribution in [3.05, 3.63) is 65.2 Å². The van der Waals surface area contributed by atoms with Crippen molar-refractivity contribution in [2.75, 3.05) is 20.1 Å². The number of nitrogens with one attached hydrogen (secondary N) is 2. The van der Waals surface area contributed by atoms with Gasteiger partial charge in [-0.15, -0.1) is 24.0 Å². The van der Waals surface area contributed by atoms with Gasteiger partial charge in [0.25, 0.3) is 0 Å². The maximum Gasteiger partial charge on any atom is 0.243 e. The summed E-state index contributed by atoms with van der Waals surface area (Å²) in [6.45, 7) is 4.48. The van der Waals surface area contributed by atoms with Crippen LogP contribution in [-0.2, 0) is 23.1 Å². The number of hydrogen-bond donors (Lipinski definition) is 2. The Kier molecular flexibility index (Phi) is 9.57. The largest absolute Gasteiger partial charge is 0.352 e. The monoisotopic (exact) mass is 542 g/mol. The molecular formula is C22H31IN4O2S. The Morgan fingerprint density at radius 1 is 1.00 bits per heavy atom. The fourth-order valence-electron chi connectivity index (χ4n) is 3.46. The summed E-state index contributed by atoms with van der Waals surface area (Å²) in [6, 6.07) is 15.4. The minimum absolute atomic E-state index is 0. The van der Waals surface area contributed by atoms with Gasteiger partial charge in [0.15, 0.2) is 5.96 Å². The lowest BCUT2D eigenvalue weighted by atomic mass is 10.1. The van der Waals surface area contributed by atoms with Crippen LogP contribution in [0.4, 0.5) is 0 Å². The molecule has 0 amide bonds. The highest BCUT2D eigenvalue weighted by Crippen LogP contribution is 2.21. The number of sulfonamides is 1. The van der Waals surface area contributed by atoms with Gasteiger partial charge in [-0.3, -0.25) is 4.99 Å². The summed E-state index contributed by atoms with van der Waals surface area (Å²) in [5, 5.41) is 6.57. The van der Waals surface area contributed by atoms with Crippen molar-refractivity contribution < 1.29 is 8.42 Å². The summed E-state index contributed by atoms with van der Waals surface area (Å²) in [7, 11) is -1.69. The number of piperidine rings is 1. The smallest absolute Gasteiger partial charge is 0.243 e. The molecule has 1 saturated heterocycles. The Bertz CT molecular complexity index is 957. The Morgan fingerprint density at radius 3 is 2.40 bits per heavy atom. The number of aliphatic imine (C=N–C) groups is 1. The van der Waals surface area contributed by atoms with Crippen LogP contribution in [0.5, 0.6) is 0 Å². The molecule has 1 heterocycles. The first-order chi connectivity index (χ1) is 14.0. The van der Waals surface area contributed by atoms with E-state index < -0.39 is 10.0 Å². The highest BCUT2D eigenvalue weighted by molar-refractivity contribution is 14.0. The lowest BCUT2D eigenvalue weighted by molar-refractivity contribution is 0.346. The van der Waals surface area contributed by atoms with Crippen molar-refractivity contribution in [2.24, 2.45) is 4.99 Å². The van der Waals surface area contributed by atoms with Crippen molar-refractivity contribution in [1.82, 2.24) is 14.9 Å². The van der Waals surface area contributed by atoms with Gasteiger partial charge in [0.2, 0.25) is 10.0 Å². The van der Waals surface area contributed by atoms with Gasteiger partial charge in [0.1, 0.15) is 0 Å². The zero-order chi connectivity index (χ0) is 20.7. The predicted octanol–water partition coefficient (Wildman–Crippen LogP) is 3.65. The summed E-state index contributed by atoms with van der Waals surface area (Å²) in [4.78, 5) is 4.62. The van der Waals surface area contributed by atoms with E-state index in [1.165, 1.54) is 11.1 Å². The van der Waals surface area contributed by atoms with Crippen LogP contribution >= 0.6 is 24.0 Å². The number of benzene rings is 2. The van der Waals surface area contributed by atoms with Gasteiger partial charge in [0, 0.05) is 33.2 Å². The normalized spacial score (nSPS) is 15.3. The molecule has 8 heteroatoms. The van der Waals surface area contributed by atoms with Gasteiger partial charge >= 0.3 is 0 Å². The molecule has 0 radical (unpaired) electrons. The fourth-order valence-corrected chi connectivity index (χ4v) is 5.05. The molecule has 0 unspecified atom stereocenters. The van der Waals surface area contributed by atoms with Crippen LogP contribution in [0.2, 0.25) is 0 Å². The second-order valence-corrected chi connectivity index (χ2v) is 9.26. The third-order valence-electron chi connectivity index (χ3n) is 5.24. The summed E-state index contributed by atoms with van der Waals surface area (Å²) in [5.41, 5.74) is 3.35. The molecule has 30 heavy (non-hydrogen) atoms. The molecule has 0 aliphatic carbocycles. The molecule has 2 N–H and O–H groups in total. The zero-order valence-corrected chi connectivity index (χ0v) is 20.7. The fraction of sp³-hybridized carbons (Fsp3) is 0.409. The second-order valence-electron chi connectivity index (χ2n) is 7.32. The van der Waals surface area contributed by atoms with Crippen LogP contribution in [0.1, 0.15) is 36.0 Å². The van der Waals surface area contributed by atoms with Crippen LogP contribution in [0.3, 0.4) is 0 Å². The number of nitrogens with zero attached hydrogens (tertiary/aromatic N) is 2. The molecule has 164 valence electrons. The van der Waals surface area contributed by atoms with Crippen LogP contribution in [-0.4, -0.2) is 38.8 Å². The molecule has 6 nitrogen and oxygen atoms in total. The number of rotatable bonds is 6. The van der Waals surface area contributed by atoms with Gasteiger partial charge in [-0.25, -0.2) is 8.42 Å². The third kappa shape index (κ3) is 6.42. The Hall–Kier alpha value is -1.65. The molecule has 0 bridgehead atoms. The quantitative estimate of drug-likeness (QED) is 0.332. The van der Waals surface area contributed by atoms with Gasteiger partial charge < -0.3 is 10.6 Å². The molecule has 1 aliphatic rings. The molecule has 0 saturated carbocycles. The van der Waals surface area contributed by atoms with Gasteiger partial charge in [-0.2, -0.15) is 4.31 Å². The summed E-state index contributed by atoms with van der Waals surface area (Å²) in [6.07, 6.45) is 2.97. The second kappa shape index (κ2) is 11.7. The first-order valence-electron chi connectivity index (χ1n) is 10.1. The highest BCUT2D eigenvalue weighted by atomic mass is 127. The molecule has 0 spiro atoms. The minimum atomic E-state index is -3.42. The Morgan fingerprint density at radius 2 is 1.70 bits per heavy atom. The van der Waals surface area contributed by atoms with Gasteiger partial charge in [0.05, 0.1) is 4.90 Å². The molecule has 0 aromatic heterocycles. The minimum Gasteiger partial charge on any atom is -0.352 e. The predicted molar refractivity (Wildman–Crippen MR) is 133 cm³/mol. The van der Waals surface area contributed by atoms with Crippen molar-refractivity contribution in [1.29, 1.82) is 0 Å². The molecule has 1 aliphatic heterocycles. The van der Waals surface area contributed by atoms with Crippen molar-refractivity contribution in [3.63, 3.8) is 0 Å². The third-order valence-corrected chi connectivity index (χ3v) is 7.14. The summed E-state index contributed by atoms with van der Waals surface area (Å²) < 4.78 is 27.4. The highest BCUT2D eigenvalue weighted by Gasteiger charge is 2.25. The Labute approximate surface area is 197 Å². The average molecular weight is 542 g/mol. The van der Waals surface area contributed by atoms with E-state index in [-0.39, 0.29) is 24.0 Å². The number of hydrogen-bond acceptors (Lipinski definition) is 3. The van der Waals surface area contributed by atoms with Crippen LogP contribution in [0.15, 0.2) is 58.4 Å². The molecule has 2 aromatic carbocycles. The molecule has 3 rings (SSSR count). The van der Waals surface area contributed by atoms with Crippen molar-refractivity contribution in [2.45, 2.75) is 44.2 Å². The van der Waals surface area contributed by atoms with E-state index in [4.69, 9.17) is 0 Å². The SMILES string of the molecule is CN=C(NCc1cccc(S(=O)(=O)N2CCCCC2)c1)NCc1ccccc1C.I. The first-order valence-corrected chi connectivity index (χ1v) is 11.5. The molecule has 0 atom stereocenters. The standard InChI is InChI=1S/C22H30N4O2S.HI/c1-18-9-4-5-11-20(18)17-25-22(23-2)24-16-19-10-8-12-21(15-19)29(27,28)26-13-6-3-7-14-26;/h4-5,8-12,15H,3,6-7,13-14,16-17H2,1-2H3,(H2,23,24,25);1H. The lowest BCUT2D eigenvalue weighted by Crippen LogP contribution is -2.37. The van der Waals surface area contributed by atoms with E-state index in [1.54, 1.807) is 29.6 Å². The van der Waals surface area contributed by atoms with E-state index >= 15 is 0 Å². The summed E-state index contributed by atoms with van der Waals surface area (Å²) in [5.74, 6) is 0.678. The molecule has 1 fully saturated rings. The van der Waals surface area contributed by atoms with E-state index in [1.807, 2.05) is 18.2 Å². The Balaban J connectivity index is 0.00000320. The van der Waals surface area contributed by atoms with E-state index in [9.17, 15) is 8.42 Å². The number of guanidine groups is 1. The lowest BCUT2D eigenvalue weighted by Gasteiger charge is -2.26. The van der Waals surface area contributed by atoms with E-state index in [0.717, 1.165) is 24.8 Å². The molecule has 2 aromatic rings. The topological polar surface area (TPSA) is 73.8 Å². The van der Waals surface area contributed by atoms with Gasteiger partial charge in [-0.05, 0) is 48.6 Å². The maximum absolute atomic E-state index is 12.9. The zero-order valence-electron chi connectivity index (χ0n) is 17.6. The van der Waals surface area contributed by atoms with E-state index in [2.05, 4.69) is 34.7 Å².